The van der Waals surface area contributed by atoms with Gasteiger partial charge in [-0.05, 0) is 30.5 Å². The number of halogens is 1. The van der Waals surface area contributed by atoms with E-state index in [9.17, 15) is 4.79 Å². The number of carbonyl (C=O) groups is 1. The van der Waals surface area contributed by atoms with Gasteiger partial charge in [-0.2, -0.15) is 0 Å². The molecule has 0 heterocycles. The molecule has 1 saturated carbocycles. The van der Waals surface area contributed by atoms with Gasteiger partial charge in [0.2, 0.25) is 5.91 Å². The number of carbonyl (C=O) groups excluding carboxylic acids is 1. The first-order chi connectivity index (χ1) is 9.11. The van der Waals surface area contributed by atoms with Crippen molar-refractivity contribution in [2.45, 2.75) is 24.4 Å². The summed E-state index contributed by atoms with van der Waals surface area (Å²) in [6.07, 6.45) is 1.87. The van der Waals surface area contributed by atoms with E-state index in [1.54, 1.807) is 7.11 Å². The minimum Gasteiger partial charge on any atom is -0.497 e. The zero-order chi connectivity index (χ0) is 13.9. The Morgan fingerprint density at radius 1 is 1.35 bits per heavy atom. The van der Waals surface area contributed by atoms with Crippen molar-refractivity contribution < 1.29 is 14.3 Å². The fourth-order valence-corrected chi connectivity index (χ4v) is 2.10. The van der Waals surface area contributed by atoms with Crippen LogP contribution >= 0.6 is 12.4 Å². The molecule has 112 valence electrons. The molecule has 0 aromatic heterocycles. The molecule has 0 saturated heterocycles. The SMILES string of the molecule is COCC(N)C(=O)NC1(c2ccc(OC)cc2)CC1.Cl. The van der Waals surface area contributed by atoms with Gasteiger partial charge in [-0.1, -0.05) is 12.1 Å². The molecule has 20 heavy (non-hydrogen) atoms. The number of nitrogens with one attached hydrogen (secondary N) is 1. The monoisotopic (exact) mass is 300 g/mol. The topological polar surface area (TPSA) is 73.6 Å². The lowest BCUT2D eigenvalue weighted by Gasteiger charge is -2.20. The smallest absolute Gasteiger partial charge is 0.239 e. The van der Waals surface area contributed by atoms with Crippen LogP contribution in [0.15, 0.2) is 24.3 Å². The Hall–Kier alpha value is -1.30. The molecule has 1 amide bonds. The van der Waals surface area contributed by atoms with Gasteiger partial charge in [0, 0.05) is 7.11 Å². The Kier molecular flexibility index (Phi) is 5.80. The van der Waals surface area contributed by atoms with Crippen LogP contribution in [0.2, 0.25) is 0 Å². The predicted molar refractivity (Wildman–Crippen MR) is 79.1 cm³/mol. The highest BCUT2D eigenvalue weighted by molar-refractivity contribution is 5.85. The number of ether oxygens (including phenoxy) is 2. The van der Waals surface area contributed by atoms with Crippen LogP contribution in [0.5, 0.6) is 5.75 Å². The second-order valence-electron chi connectivity index (χ2n) is 4.86. The van der Waals surface area contributed by atoms with E-state index in [0.29, 0.717) is 0 Å². The second-order valence-corrected chi connectivity index (χ2v) is 4.86. The van der Waals surface area contributed by atoms with E-state index in [-0.39, 0.29) is 30.5 Å². The van der Waals surface area contributed by atoms with Crippen LogP contribution in [-0.4, -0.2) is 32.8 Å². The Bertz CT molecular complexity index is 446. The summed E-state index contributed by atoms with van der Waals surface area (Å²) in [7, 11) is 3.16. The van der Waals surface area contributed by atoms with E-state index in [1.165, 1.54) is 7.11 Å². The summed E-state index contributed by atoms with van der Waals surface area (Å²) < 4.78 is 10.0. The maximum atomic E-state index is 11.9. The number of benzene rings is 1. The van der Waals surface area contributed by atoms with Gasteiger partial charge in [0.25, 0.3) is 0 Å². The standard InChI is InChI=1S/C14H20N2O3.ClH/c1-18-9-12(15)13(17)16-14(7-8-14)10-3-5-11(19-2)6-4-10;/h3-6,12H,7-9,15H2,1-2H3,(H,16,17);1H. The van der Waals surface area contributed by atoms with Gasteiger partial charge in [0.05, 0.1) is 19.3 Å². The van der Waals surface area contributed by atoms with Gasteiger partial charge in [0.1, 0.15) is 11.8 Å². The molecule has 2 rings (SSSR count). The Morgan fingerprint density at radius 3 is 2.40 bits per heavy atom. The molecule has 0 aliphatic heterocycles. The summed E-state index contributed by atoms with van der Waals surface area (Å²) in [5.41, 5.74) is 6.56. The minimum absolute atomic E-state index is 0. The van der Waals surface area contributed by atoms with E-state index in [2.05, 4.69) is 5.32 Å². The van der Waals surface area contributed by atoms with E-state index in [4.69, 9.17) is 15.2 Å². The largest absolute Gasteiger partial charge is 0.497 e. The lowest BCUT2D eigenvalue weighted by atomic mass is 10.0. The average molecular weight is 301 g/mol. The number of nitrogens with two attached hydrogens (primary N) is 1. The maximum absolute atomic E-state index is 11.9. The van der Waals surface area contributed by atoms with Gasteiger partial charge in [-0.15, -0.1) is 12.4 Å². The van der Waals surface area contributed by atoms with Crippen LogP contribution in [0.3, 0.4) is 0 Å². The zero-order valence-corrected chi connectivity index (χ0v) is 12.5. The highest BCUT2D eigenvalue weighted by atomic mass is 35.5. The molecule has 1 aromatic carbocycles. The van der Waals surface area contributed by atoms with Crippen LogP contribution < -0.4 is 15.8 Å². The lowest BCUT2D eigenvalue weighted by Crippen LogP contribution is -2.47. The summed E-state index contributed by atoms with van der Waals surface area (Å²) in [6.45, 7) is 0.227. The number of hydrogen-bond acceptors (Lipinski definition) is 4. The van der Waals surface area contributed by atoms with Crippen molar-refractivity contribution >= 4 is 18.3 Å². The number of rotatable bonds is 6. The Balaban J connectivity index is 0.00000200. The molecule has 0 bridgehead atoms. The van der Waals surface area contributed by atoms with Crippen molar-refractivity contribution in [3.63, 3.8) is 0 Å². The van der Waals surface area contributed by atoms with Gasteiger partial charge in [0.15, 0.2) is 0 Å². The summed E-state index contributed by atoms with van der Waals surface area (Å²) >= 11 is 0. The molecule has 1 aliphatic rings. The summed E-state index contributed by atoms with van der Waals surface area (Å²) in [6, 6.07) is 7.13. The first-order valence-electron chi connectivity index (χ1n) is 6.32. The molecule has 1 unspecified atom stereocenters. The fraction of sp³-hybridized carbons (Fsp3) is 0.500. The fourth-order valence-electron chi connectivity index (χ4n) is 2.10. The number of methoxy groups -OCH3 is 2. The van der Waals surface area contributed by atoms with Crippen molar-refractivity contribution in [2.24, 2.45) is 5.73 Å². The maximum Gasteiger partial charge on any atom is 0.239 e. The Morgan fingerprint density at radius 2 is 1.95 bits per heavy atom. The van der Waals surface area contributed by atoms with Crippen molar-refractivity contribution in [3.05, 3.63) is 29.8 Å². The molecule has 1 atom stereocenters. The van der Waals surface area contributed by atoms with E-state index in [0.717, 1.165) is 24.2 Å². The second kappa shape index (κ2) is 6.92. The number of hydrogen-bond donors (Lipinski definition) is 2. The van der Waals surface area contributed by atoms with Gasteiger partial charge in [-0.3, -0.25) is 4.79 Å². The lowest BCUT2D eigenvalue weighted by molar-refractivity contribution is -0.124. The zero-order valence-electron chi connectivity index (χ0n) is 11.7. The van der Waals surface area contributed by atoms with Crippen LogP contribution in [-0.2, 0) is 15.1 Å². The summed E-state index contributed by atoms with van der Waals surface area (Å²) in [5.74, 6) is 0.636. The van der Waals surface area contributed by atoms with Gasteiger partial charge >= 0.3 is 0 Å². The highest BCUT2D eigenvalue weighted by Gasteiger charge is 2.46. The van der Waals surface area contributed by atoms with Crippen molar-refractivity contribution in [2.75, 3.05) is 20.8 Å². The van der Waals surface area contributed by atoms with Gasteiger partial charge < -0.3 is 20.5 Å². The summed E-state index contributed by atoms with van der Waals surface area (Å²) in [4.78, 5) is 11.9. The molecular formula is C14H21ClN2O3. The van der Waals surface area contributed by atoms with E-state index in [1.807, 2.05) is 24.3 Å². The van der Waals surface area contributed by atoms with Gasteiger partial charge in [-0.25, -0.2) is 0 Å². The number of amides is 1. The van der Waals surface area contributed by atoms with Crippen LogP contribution in [0.25, 0.3) is 0 Å². The Labute approximate surface area is 125 Å². The minimum atomic E-state index is -0.624. The highest BCUT2D eigenvalue weighted by Crippen LogP contribution is 2.45. The molecule has 0 spiro atoms. The van der Waals surface area contributed by atoms with Crippen LogP contribution in [0, 0.1) is 0 Å². The molecule has 0 radical (unpaired) electrons. The quantitative estimate of drug-likeness (QED) is 0.828. The third kappa shape index (κ3) is 3.62. The molecule has 1 aromatic rings. The predicted octanol–water partition coefficient (Wildman–Crippen LogP) is 1.20. The first-order valence-corrected chi connectivity index (χ1v) is 6.32. The van der Waals surface area contributed by atoms with E-state index >= 15 is 0 Å². The van der Waals surface area contributed by atoms with E-state index < -0.39 is 6.04 Å². The van der Waals surface area contributed by atoms with Crippen molar-refractivity contribution in [3.8, 4) is 5.75 Å². The molecule has 5 nitrogen and oxygen atoms in total. The van der Waals surface area contributed by atoms with Crippen molar-refractivity contribution in [1.82, 2.24) is 5.32 Å². The molecular weight excluding hydrogens is 280 g/mol. The van der Waals surface area contributed by atoms with Crippen LogP contribution in [0.1, 0.15) is 18.4 Å². The first kappa shape index (κ1) is 16.8. The van der Waals surface area contributed by atoms with Crippen LogP contribution in [0.4, 0.5) is 0 Å². The third-order valence-electron chi connectivity index (χ3n) is 3.44. The normalized spacial score (nSPS) is 16.8. The average Bonchev–Trinajstić information content (AvgIpc) is 3.20. The van der Waals surface area contributed by atoms with Crippen molar-refractivity contribution in [1.29, 1.82) is 0 Å². The molecule has 1 fully saturated rings. The summed E-state index contributed by atoms with van der Waals surface area (Å²) in [5, 5.41) is 3.02. The molecule has 6 heteroatoms. The third-order valence-corrected chi connectivity index (χ3v) is 3.44. The molecule has 3 N–H and O–H groups in total. The molecule has 1 aliphatic carbocycles.